The number of aliphatic hydroxyl groups is 1. The van der Waals surface area contributed by atoms with E-state index in [1.54, 1.807) is 30.3 Å². The summed E-state index contributed by atoms with van der Waals surface area (Å²) in [6, 6.07) is 8.31. The number of hydrogen-bond acceptors (Lipinski definition) is 4. The van der Waals surface area contributed by atoms with Crippen molar-refractivity contribution in [3.63, 3.8) is 0 Å². The molecular formula is C12H12ClN3O2. The van der Waals surface area contributed by atoms with E-state index in [2.05, 4.69) is 10.6 Å². The third-order valence-corrected chi connectivity index (χ3v) is 2.22. The number of nitrogens with one attached hydrogen (secondary N) is 2. The summed E-state index contributed by atoms with van der Waals surface area (Å²) in [6.45, 7) is 0.202. The average Bonchev–Trinajstić information content (AvgIpc) is 2.37. The maximum Gasteiger partial charge on any atom is 0.267 e. The lowest BCUT2D eigenvalue weighted by Gasteiger charge is -2.04. The molecule has 5 nitrogen and oxygen atoms in total. The van der Waals surface area contributed by atoms with Gasteiger partial charge in [-0.2, -0.15) is 5.26 Å². The van der Waals surface area contributed by atoms with Crippen molar-refractivity contribution < 1.29 is 9.90 Å². The lowest BCUT2D eigenvalue weighted by molar-refractivity contribution is -0.112. The van der Waals surface area contributed by atoms with E-state index in [9.17, 15) is 4.79 Å². The minimum Gasteiger partial charge on any atom is -0.395 e. The third-order valence-electron chi connectivity index (χ3n) is 1.97. The summed E-state index contributed by atoms with van der Waals surface area (Å²) in [5.41, 5.74) is 0.478. The summed E-state index contributed by atoms with van der Waals surface area (Å²) in [5, 5.41) is 23.1. The van der Waals surface area contributed by atoms with Crippen LogP contribution in [0.5, 0.6) is 0 Å². The van der Waals surface area contributed by atoms with Crippen molar-refractivity contribution in [2.24, 2.45) is 0 Å². The Hall–Kier alpha value is -2.03. The van der Waals surface area contributed by atoms with Crippen LogP contribution in [-0.2, 0) is 4.79 Å². The number of amides is 1. The van der Waals surface area contributed by atoms with E-state index in [0.717, 1.165) is 0 Å². The molecule has 3 N–H and O–H groups in total. The number of carbonyl (C=O) groups excluding carboxylic acids is 1. The maximum atomic E-state index is 11.7. The maximum absolute atomic E-state index is 11.7. The fourth-order valence-electron chi connectivity index (χ4n) is 1.12. The van der Waals surface area contributed by atoms with Crippen LogP contribution in [0, 0.1) is 11.3 Å². The zero-order chi connectivity index (χ0) is 13.4. The van der Waals surface area contributed by atoms with Crippen LogP contribution >= 0.6 is 11.6 Å². The molecule has 0 atom stereocenters. The van der Waals surface area contributed by atoms with Gasteiger partial charge in [0.1, 0.15) is 11.6 Å². The standard InChI is InChI=1S/C12H12ClN3O2/c13-10-1-3-11(4-2-10)16-12(18)9(7-14)8-15-5-6-17/h1-4,8,15,17H,5-6H2,(H,16,18)/b9-8-. The van der Waals surface area contributed by atoms with Gasteiger partial charge in [0.2, 0.25) is 0 Å². The van der Waals surface area contributed by atoms with Gasteiger partial charge in [0.25, 0.3) is 5.91 Å². The Morgan fingerprint density at radius 3 is 2.67 bits per heavy atom. The molecule has 1 aromatic rings. The number of carbonyl (C=O) groups is 1. The summed E-state index contributed by atoms with van der Waals surface area (Å²) in [5.74, 6) is -0.523. The first kappa shape index (κ1) is 14.0. The van der Waals surface area contributed by atoms with Crippen LogP contribution < -0.4 is 10.6 Å². The molecule has 0 spiro atoms. The van der Waals surface area contributed by atoms with Crippen molar-refractivity contribution in [3.8, 4) is 6.07 Å². The molecule has 94 valence electrons. The van der Waals surface area contributed by atoms with E-state index in [0.29, 0.717) is 10.7 Å². The van der Waals surface area contributed by atoms with Crippen LogP contribution in [0.3, 0.4) is 0 Å². The van der Waals surface area contributed by atoms with Crippen LogP contribution in [0.15, 0.2) is 36.0 Å². The van der Waals surface area contributed by atoms with Gasteiger partial charge in [-0.05, 0) is 24.3 Å². The van der Waals surface area contributed by atoms with E-state index in [4.69, 9.17) is 22.0 Å². The molecule has 0 saturated heterocycles. The Morgan fingerprint density at radius 1 is 1.44 bits per heavy atom. The Balaban J connectivity index is 2.66. The van der Waals surface area contributed by atoms with Gasteiger partial charge in [-0.15, -0.1) is 0 Å². The highest BCUT2D eigenvalue weighted by Crippen LogP contribution is 2.13. The van der Waals surface area contributed by atoms with Crippen molar-refractivity contribution in [3.05, 3.63) is 41.1 Å². The first-order valence-corrected chi connectivity index (χ1v) is 5.56. The molecule has 0 aliphatic carbocycles. The Bertz CT molecular complexity index is 477. The second-order valence-corrected chi connectivity index (χ2v) is 3.74. The lowest BCUT2D eigenvalue weighted by Crippen LogP contribution is -2.18. The van der Waals surface area contributed by atoms with Crippen LogP contribution in [-0.4, -0.2) is 24.2 Å². The summed E-state index contributed by atoms with van der Waals surface area (Å²) in [4.78, 5) is 11.7. The Kier molecular flexibility index (Phi) is 5.71. The molecular weight excluding hydrogens is 254 g/mol. The molecule has 1 aromatic carbocycles. The van der Waals surface area contributed by atoms with Gasteiger partial charge in [-0.25, -0.2) is 0 Å². The molecule has 18 heavy (non-hydrogen) atoms. The van der Waals surface area contributed by atoms with Crippen molar-refractivity contribution in [2.75, 3.05) is 18.5 Å². The van der Waals surface area contributed by atoms with E-state index in [1.807, 2.05) is 0 Å². The van der Waals surface area contributed by atoms with E-state index in [-0.39, 0.29) is 18.7 Å². The molecule has 1 amide bonds. The van der Waals surface area contributed by atoms with Crippen molar-refractivity contribution >= 4 is 23.2 Å². The van der Waals surface area contributed by atoms with Crippen molar-refractivity contribution in [2.45, 2.75) is 0 Å². The lowest BCUT2D eigenvalue weighted by atomic mass is 10.2. The smallest absolute Gasteiger partial charge is 0.267 e. The van der Waals surface area contributed by atoms with Gasteiger partial charge in [0.05, 0.1) is 6.61 Å². The minimum atomic E-state index is -0.523. The van der Waals surface area contributed by atoms with Gasteiger partial charge in [0, 0.05) is 23.5 Å². The monoisotopic (exact) mass is 265 g/mol. The summed E-state index contributed by atoms with van der Waals surface area (Å²) in [7, 11) is 0. The van der Waals surface area contributed by atoms with E-state index < -0.39 is 5.91 Å². The van der Waals surface area contributed by atoms with E-state index in [1.165, 1.54) is 6.20 Å². The fourth-order valence-corrected chi connectivity index (χ4v) is 1.25. The highest BCUT2D eigenvalue weighted by atomic mass is 35.5. The summed E-state index contributed by atoms with van der Waals surface area (Å²) >= 11 is 5.71. The molecule has 0 saturated carbocycles. The van der Waals surface area contributed by atoms with Gasteiger partial charge in [0.15, 0.2) is 0 Å². The van der Waals surface area contributed by atoms with E-state index >= 15 is 0 Å². The first-order valence-electron chi connectivity index (χ1n) is 5.19. The van der Waals surface area contributed by atoms with Crippen molar-refractivity contribution in [1.82, 2.24) is 5.32 Å². The Morgan fingerprint density at radius 2 is 2.11 bits per heavy atom. The highest BCUT2D eigenvalue weighted by molar-refractivity contribution is 6.30. The quantitative estimate of drug-likeness (QED) is 0.425. The highest BCUT2D eigenvalue weighted by Gasteiger charge is 2.08. The normalized spacial score (nSPS) is 10.6. The van der Waals surface area contributed by atoms with Crippen LogP contribution in [0.4, 0.5) is 5.69 Å². The average molecular weight is 266 g/mol. The summed E-state index contributed by atoms with van der Waals surface area (Å²) in [6.07, 6.45) is 1.27. The van der Waals surface area contributed by atoms with Gasteiger partial charge in [-0.3, -0.25) is 4.79 Å². The number of anilines is 1. The molecule has 1 rings (SSSR count). The number of hydrogen-bond donors (Lipinski definition) is 3. The van der Waals surface area contributed by atoms with Crippen molar-refractivity contribution in [1.29, 1.82) is 5.26 Å². The number of rotatable bonds is 5. The molecule has 0 heterocycles. The van der Waals surface area contributed by atoms with Crippen LogP contribution in [0.1, 0.15) is 0 Å². The zero-order valence-corrected chi connectivity index (χ0v) is 10.2. The minimum absolute atomic E-state index is 0.0709. The number of halogens is 1. The molecule has 0 unspecified atom stereocenters. The largest absolute Gasteiger partial charge is 0.395 e. The van der Waals surface area contributed by atoms with Crippen LogP contribution in [0.2, 0.25) is 5.02 Å². The predicted octanol–water partition coefficient (Wildman–Crippen LogP) is 1.27. The summed E-state index contributed by atoms with van der Waals surface area (Å²) < 4.78 is 0. The third kappa shape index (κ3) is 4.45. The van der Waals surface area contributed by atoms with Gasteiger partial charge < -0.3 is 15.7 Å². The second-order valence-electron chi connectivity index (χ2n) is 3.31. The number of nitrogens with zero attached hydrogens (tertiary/aromatic N) is 1. The molecule has 0 aliphatic rings. The van der Waals surface area contributed by atoms with Crippen LogP contribution in [0.25, 0.3) is 0 Å². The number of aliphatic hydroxyl groups excluding tert-OH is 1. The molecule has 0 bridgehead atoms. The molecule has 6 heteroatoms. The Labute approximate surface area is 110 Å². The molecule has 0 radical (unpaired) electrons. The predicted molar refractivity (Wildman–Crippen MR) is 68.9 cm³/mol. The van der Waals surface area contributed by atoms with Gasteiger partial charge >= 0.3 is 0 Å². The zero-order valence-electron chi connectivity index (χ0n) is 9.48. The fraction of sp³-hybridized carbons (Fsp3) is 0.167. The molecule has 0 aliphatic heterocycles. The number of benzene rings is 1. The second kappa shape index (κ2) is 7.33. The van der Waals surface area contributed by atoms with Gasteiger partial charge in [-0.1, -0.05) is 11.6 Å². The topological polar surface area (TPSA) is 85.2 Å². The molecule has 0 aromatic heterocycles. The first-order chi connectivity index (χ1) is 8.67. The molecule has 0 fully saturated rings. The number of nitriles is 1. The SMILES string of the molecule is N#C/C(=C/NCCO)C(=O)Nc1ccc(Cl)cc1.